The number of aliphatic imine (C=N–C) groups is 1. The number of aromatic nitrogens is 2. The van der Waals surface area contributed by atoms with Crippen molar-refractivity contribution in [1.82, 2.24) is 20.6 Å². The second-order valence-corrected chi connectivity index (χ2v) is 7.20. The van der Waals surface area contributed by atoms with Gasteiger partial charge in [0.25, 0.3) is 0 Å². The molecule has 6 nitrogen and oxygen atoms in total. The summed E-state index contributed by atoms with van der Waals surface area (Å²) in [6.07, 6.45) is 3.48. The van der Waals surface area contributed by atoms with Crippen LogP contribution >= 0.6 is 24.0 Å². The van der Waals surface area contributed by atoms with E-state index in [0.717, 1.165) is 28.1 Å². The molecule has 7 heteroatoms. The van der Waals surface area contributed by atoms with Crippen LogP contribution in [0.4, 0.5) is 0 Å². The van der Waals surface area contributed by atoms with Crippen molar-refractivity contribution in [3.8, 4) is 22.7 Å². The summed E-state index contributed by atoms with van der Waals surface area (Å²) in [6.45, 7) is 3.22. The highest BCUT2D eigenvalue weighted by atomic mass is 127. The molecular formula is C25H26IN5O. The first-order valence-electron chi connectivity index (χ1n) is 10.2. The van der Waals surface area contributed by atoms with Gasteiger partial charge in [-0.3, -0.25) is 9.98 Å². The van der Waals surface area contributed by atoms with Gasteiger partial charge in [-0.1, -0.05) is 42.0 Å². The normalized spacial score (nSPS) is 11.0. The summed E-state index contributed by atoms with van der Waals surface area (Å²) in [7, 11) is 1.75. The average molecular weight is 539 g/mol. The molecule has 0 bridgehead atoms. The molecule has 4 aromatic rings. The van der Waals surface area contributed by atoms with Crippen LogP contribution in [0.5, 0.6) is 0 Å². The molecule has 0 saturated carbocycles. The number of pyridine rings is 1. The van der Waals surface area contributed by atoms with Crippen molar-refractivity contribution >= 4 is 29.9 Å². The molecule has 0 aliphatic carbocycles. The summed E-state index contributed by atoms with van der Waals surface area (Å²) < 4.78 is 5.62. The van der Waals surface area contributed by atoms with Gasteiger partial charge in [0.15, 0.2) is 5.96 Å². The summed E-state index contributed by atoms with van der Waals surface area (Å²) in [5.41, 5.74) is 6.19. The van der Waals surface area contributed by atoms with Crippen LogP contribution in [0.1, 0.15) is 16.8 Å². The smallest absolute Gasteiger partial charge is 0.226 e. The summed E-state index contributed by atoms with van der Waals surface area (Å²) >= 11 is 0. The number of benzene rings is 2. The van der Waals surface area contributed by atoms with Crippen LogP contribution in [-0.2, 0) is 13.1 Å². The van der Waals surface area contributed by atoms with E-state index in [9.17, 15) is 0 Å². The minimum Gasteiger partial charge on any atom is -0.444 e. The van der Waals surface area contributed by atoms with Gasteiger partial charge in [-0.15, -0.1) is 24.0 Å². The SMILES string of the molecule is CN=C(NCc1cccc(-c2ccccn2)c1)NCc1coc(-c2ccc(C)cc2)n1.I. The third-order valence-electron chi connectivity index (χ3n) is 4.86. The lowest BCUT2D eigenvalue weighted by molar-refractivity contribution is 0.572. The zero-order chi connectivity index (χ0) is 21.5. The van der Waals surface area contributed by atoms with Gasteiger partial charge < -0.3 is 15.1 Å². The molecule has 0 radical (unpaired) electrons. The minimum absolute atomic E-state index is 0. The van der Waals surface area contributed by atoms with Crippen LogP contribution in [0, 0.1) is 6.92 Å². The van der Waals surface area contributed by atoms with Crippen LogP contribution in [0.15, 0.2) is 88.6 Å². The van der Waals surface area contributed by atoms with Crippen molar-refractivity contribution < 1.29 is 4.42 Å². The number of hydrogen-bond acceptors (Lipinski definition) is 4. The maximum atomic E-state index is 5.62. The minimum atomic E-state index is 0. The highest BCUT2D eigenvalue weighted by Crippen LogP contribution is 2.19. The van der Waals surface area contributed by atoms with Gasteiger partial charge in [0.05, 0.1) is 17.9 Å². The molecule has 32 heavy (non-hydrogen) atoms. The molecule has 0 unspecified atom stereocenters. The Morgan fingerprint density at radius 1 is 0.938 bits per heavy atom. The Kier molecular flexibility index (Phi) is 8.38. The summed E-state index contributed by atoms with van der Waals surface area (Å²) in [6, 6.07) is 22.4. The molecular weight excluding hydrogens is 513 g/mol. The van der Waals surface area contributed by atoms with Gasteiger partial charge in [-0.25, -0.2) is 4.98 Å². The Morgan fingerprint density at radius 2 is 1.75 bits per heavy atom. The van der Waals surface area contributed by atoms with Crippen molar-refractivity contribution in [3.05, 3.63) is 96.0 Å². The van der Waals surface area contributed by atoms with Crippen LogP contribution in [0.3, 0.4) is 0 Å². The Balaban J connectivity index is 0.00000289. The predicted molar refractivity (Wildman–Crippen MR) is 139 cm³/mol. The van der Waals surface area contributed by atoms with Gasteiger partial charge in [-0.05, 0) is 42.8 Å². The number of oxazole rings is 1. The fourth-order valence-corrected chi connectivity index (χ4v) is 3.17. The summed E-state index contributed by atoms with van der Waals surface area (Å²) in [4.78, 5) is 13.3. The molecule has 0 amide bonds. The summed E-state index contributed by atoms with van der Waals surface area (Å²) in [5.74, 6) is 1.31. The Hall–Kier alpha value is -3.20. The number of nitrogens with one attached hydrogen (secondary N) is 2. The van der Waals surface area contributed by atoms with Crippen LogP contribution in [0.25, 0.3) is 22.7 Å². The van der Waals surface area contributed by atoms with Crippen molar-refractivity contribution in [2.45, 2.75) is 20.0 Å². The van der Waals surface area contributed by atoms with E-state index in [1.54, 1.807) is 19.5 Å². The van der Waals surface area contributed by atoms with Gasteiger partial charge in [0.1, 0.15) is 6.26 Å². The first-order valence-corrected chi connectivity index (χ1v) is 10.2. The molecule has 0 aliphatic rings. The van der Waals surface area contributed by atoms with E-state index in [1.165, 1.54) is 5.56 Å². The lowest BCUT2D eigenvalue weighted by Crippen LogP contribution is -2.36. The fourth-order valence-electron chi connectivity index (χ4n) is 3.17. The summed E-state index contributed by atoms with van der Waals surface area (Å²) in [5, 5.41) is 6.62. The average Bonchev–Trinajstić information content (AvgIpc) is 3.29. The molecule has 2 aromatic heterocycles. The second-order valence-electron chi connectivity index (χ2n) is 7.20. The first kappa shape index (κ1) is 23.5. The van der Waals surface area contributed by atoms with E-state index in [0.29, 0.717) is 24.9 Å². The van der Waals surface area contributed by atoms with Crippen molar-refractivity contribution in [2.75, 3.05) is 7.05 Å². The van der Waals surface area contributed by atoms with Crippen molar-refractivity contribution in [2.24, 2.45) is 4.99 Å². The molecule has 164 valence electrons. The molecule has 4 rings (SSSR count). The number of halogens is 1. The molecule has 0 fully saturated rings. The molecule has 0 atom stereocenters. The number of nitrogens with zero attached hydrogens (tertiary/aromatic N) is 3. The number of aryl methyl sites for hydroxylation is 1. The molecule has 0 aliphatic heterocycles. The number of rotatable bonds is 6. The highest BCUT2D eigenvalue weighted by molar-refractivity contribution is 14.0. The van der Waals surface area contributed by atoms with Crippen LogP contribution in [0.2, 0.25) is 0 Å². The lowest BCUT2D eigenvalue weighted by atomic mass is 10.1. The van der Waals surface area contributed by atoms with Gasteiger partial charge in [-0.2, -0.15) is 0 Å². The Labute approximate surface area is 205 Å². The molecule has 2 aromatic carbocycles. The Morgan fingerprint density at radius 3 is 2.50 bits per heavy atom. The number of guanidine groups is 1. The van der Waals surface area contributed by atoms with Crippen LogP contribution < -0.4 is 10.6 Å². The quantitative estimate of drug-likeness (QED) is 0.200. The van der Waals surface area contributed by atoms with E-state index >= 15 is 0 Å². The predicted octanol–water partition coefficient (Wildman–Crippen LogP) is 5.20. The number of hydrogen-bond donors (Lipinski definition) is 2. The Bertz CT molecular complexity index is 1160. The topological polar surface area (TPSA) is 75.3 Å². The van der Waals surface area contributed by atoms with E-state index < -0.39 is 0 Å². The van der Waals surface area contributed by atoms with E-state index in [4.69, 9.17) is 4.42 Å². The fraction of sp³-hybridized carbons (Fsp3) is 0.160. The third kappa shape index (κ3) is 6.16. The van der Waals surface area contributed by atoms with E-state index in [2.05, 4.69) is 50.7 Å². The van der Waals surface area contributed by atoms with Crippen molar-refractivity contribution in [3.63, 3.8) is 0 Å². The van der Waals surface area contributed by atoms with Gasteiger partial charge >= 0.3 is 0 Å². The molecule has 0 saturated heterocycles. The third-order valence-corrected chi connectivity index (χ3v) is 4.86. The van der Waals surface area contributed by atoms with E-state index in [-0.39, 0.29) is 24.0 Å². The second kappa shape index (κ2) is 11.4. The monoisotopic (exact) mass is 539 g/mol. The van der Waals surface area contributed by atoms with Crippen molar-refractivity contribution in [1.29, 1.82) is 0 Å². The maximum Gasteiger partial charge on any atom is 0.226 e. The lowest BCUT2D eigenvalue weighted by Gasteiger charge is -2.11. The highest BCUT2D eigenvalue weighted by Gasteiger charge is 2.08. The van der Waals surface area contributed by atoms with E-state index in [1.807, 2.05) is 48.5 Å². The van der Waals surface area contributed by atoms with Gasteiger partial charge in [0, 0.05) is 30.9 Å². The van der Waals surface area contributed by atoms with Crippen LogP contribution in [-0.4, -0.2) is 23.0 Å². The largest absolute Gasteiger partial charge is 0.444 e. The van der Waals surface area contributed by atoms with Gasteiger partial charge in [0.2, 0.25) is 5.89 Å². The maximum absolute atomic E-state index is 5.62. The first-order chi connectivity index (χ1) is 15.2. The standard InChI is InChI=1S/C25H25N5O.HI/c1-18-9-11-20(12-10-18)24-30-22(17-31-24)16-29-25(26-2)28-15-19-6-5-7-21(14-19)23-8-3-4-13-27-23;/h3-14,17H,15-16H2,1-2H3,(H2,26,28,29);1H. The molecule has 2 heterocycles. The zero-order valence-electron chi connectivity index (χ0n) is 18.1. The molecule has 0 spiro atoms. The molecule has 2 N–H and O–H groups in total. The zero-order valence-corrected chi connectivity index (χ0v) is 20.4.